The lowest BCUT2D eigenvalue weighted by Crippen LogP contribution is -2.49. The lowest BCUT2D eigenvalue weighted by molar-refractivity contribution is -0.132. The molecule has 2 rings (SSSR count). The summed E-state index contributed by atoms with van der Waals surface area (Å²) >= 11 is 0. The summed E-state index contributed by atoms with van der Waals surface area (Å²) in [6.07, 6.45) is 2.41. The first kappa shape index (κ1) is 17.3. The Labute approximate surface area is 137 Å². The standard InChI is InChI=1S/C17H26N4O2/c1-2-3-9-15(20-17(19)23)16(22)21-10-13(14(18)11-21)12-7-5-4-6-8-12/h4-8,13-15H,2-3,9-11,18H2,1H3,(H3,19,20,23)/t13-,14+,15?/m0/s1. The van der Waals surface area contributed by atoms with Crippen molar-refractivity contribution in [2.24, 2.45) is 11.5 Å². The number of amides is 3. The first-order valence-corrected chi connectivity index (χ1v) is 8.18. The van der Waals surface area contributed by atoms with Gasteiger partial charge in [-0.3, -0.25) is 4.79 Å². The Morgan fingerprint density at radius 1 is 1.30 bits per heavy atom. The number of likely N-dealkylation sites (tertiary alicyclic amines) is 1. The molecule has 23 heavy (non-hydrogen) atoms. The number of carbonyl (C=O) groups excluding carboxylic acids is 2. The Morgan fingerprint density at radius 2 is 2.00 bits per heavy atom. The lowest BCUT2D eigenvalue weighted by atomic mass is 9.95. The largest absolute Gasteiger partial charge is 0.352 e. The number of hydrogen-bond donors (Lipinski definition) is 3. The molecule has 3 amide bonds. The second kappa shape index (κ2) is 7.97. The van der Waals surface area contributed by atoms with Crippen LogP contribution in [0.5, 0.6) is 0 Å². The smallest absolute Gasteiger partial charge is 0.312 e. The van der Waals surface area contributed by atoms with Gasteiger partial charge in [-0.15, -0.1) is 0 Å². The molecule has 1 aromatic rings. The second-order valence-electron chi connectivity index (χ2n) is 6.13. The minimum atomic E-state index is -0.664. The number of nitrogens with one attached hydrogen (secondary N) is 1. The van der Waals surface area contributed by atoms with Crippen molar-refractivity contribution in [1.82, 2.24) is 10.2 Å². The number of urea groups is 1. The minimum Gasteiger partial charge on any atom is -0.352 e. The Morgan fingerprint density at radius 3 is 2.61 bits per heavy atom. The summed E-state index contributed by atoms with van der Waals surface area (Å²) in [7, 11) is 0. The molecule has 1 heterocycles. The van der Waals surface area contributed by atoms with Gasteiger partial charge in [-0.05, 0) is 12.0 Å². The number of benzene rings is 1. The zero-order valence-electron chi connectivity index (χ0n) is 13.6. The van der Waals surface area contributed by atoms with Gasteiger partial charge in [0.05, 0.1) is 0 Å². The third-order valence-corrected chi connectivity index (χ3v) is 4.37. The summed E-state index contributed by atoms with van der Waals surface area (Å²) in [6, 6.07) is 8.67. The number of nitrogens with zero attached hydrogens (tertiary/aromatic N) is 1. The van der Waals surface area contributed by atoms with Gasteiger partial charge >= 0.3 is 6.03 Å². The van der Waals surface area contributed by atoms with Crippen LogP contribution in [0, 0.1) is 0 Å². The van der Waals surface area contributed by atoms with Crippen molar-refractivity contribution in [1.29, 1.82) is 0 Å². The first-order chi connectivity index (χ1) is 11.0. The highest BCUT2D eigenvalue weighted by atomic mass is 16.2. The van der Waals surface area contributed by atoms with Crippen LogP contribution in [0.3, 0.4) is 0 Å². The molecule has 0 bridgehead atoms. The van der Waals surface area contributed by atoms with Gasteiger partial charge in [-0.2, -0.15) is 0 Å². The van der Waals surface area contributed by atoms with Crippen LogP contribution >= 0.6 is 0 Å². The summed E-state index contributed by atoms with van der Waals surface area (Å²) in [5.41, 5.74) is 12.6. The number of rotatable bonds is 6. The molecule has 6 heteroatoms. The predicted octanol–water partition coefficient (Wildman–Crippen LogP) is 1.17. The highest BCUT2D eigenvalue weighted by molar-refractivity contribution is 5.86. The highest BCUT2D eigenvalue weighted by Gasteiger charge is 2.36. The zero-order chi connectivity index (χ0) is 16.8. The molecule has 0 spiro atoms. The van der Waals surface area contributed by atoms with Gasteiger partial charge in [0.1, 0.15) is 6.04 Å². The molecule has 1 fully saturated rings. The molecule has 0 radical (unpaired) electrons. The van der Waals surface area contributed by atoms with E-state index in [0.717, 1.165) is 18.4 Å². The molecular weight excluding hydrogens is 292 g/mol. The van der Waals surface area contributed by atoms with Crippen molar-refractivity contribution in [2.75, 3.05) is 13.1 Å². The molecule has 126 valence electrons. The van der Waals surface area contributed by atoms with Crippen molar-refractivity contribution >= 4 is 11.9 Å². The van der Waals surface area contributed by atoms with Crippen molar-refractivity contribution in [3.63, 3.8) is 0 Å². The van der Waals surface area contributed by atoms with Crippen LogP contribution in [0.4, 0.5) is 4.79 Å². The Hall–Kier alpha value is -2.08. The van der Waals surface area contributed by atoms with Crippen LogP contribution in [0.1, 0.15) is 37.7 Å². The van der Waals surface area contributed by atoms with Crippen LogP contribution in [0.25, 0.3) is 0 Å². The second-order valence-corrected chi connectivity index (χ2v) is 6.13. The molecule has 1 unspecified atom stereocenters. The molecular formula is C17H26N4O2. The number of carbonyl (C=O) groups is 2. The molecule has 1 aromatic carbocycles. The summed E-state index contributed by atoms with van der Waals surface area (Å²) in [6.45, 7) is 3.12. The van der Waals surface area contributed by atoms with E-state index in [1.807, 2.05) is 37.3 Å². The van der Waals surface area contributed by atoms with E-state index in [1.54, 1.807) is 4.90 Å². The van der Waals surface area contributed by atoms with Crippen LogP contribution < -0.4 is 16.8 Å². The fraction of sp³-hybridized carbons (Fsp3) is 0.529. The number of primary amides is 1. The van der Waals surface area contributed by atoms with Crippen LogP contribution in [0.2, 0.25) is 0 Å². The molecule has 1 aliphatic heterocycles. The molecule has 0 saturated carbocycles. The van der Waals surface area contributed by atoms with E-state index in [0.29, 0.717) is 19.5 Å². The maximum absolute atomic E-state index is 12.7. The van der Waals surface area contributed by atoms with E-state index in [4.69, 9.17) is 11.5 Å². The topological polar surface area (TPSA) is 101 Å². The fourth-order valence-corrected chi connectivity index (χ4v) is 3.12. The predicted molar refractivity (Wildman–Crippen MR) is 89.8 cm³/mol. The Bertz CT molecular complexity index is 535. The molecule has 1 aliphatic rings. The monoisotopic (exact) mass is 318 g/mol. The third-order valence-electron chi connectivity index (χ3n) is 4.37. The van der Waals surface area contributed by atoms with Crippen molar-refractivity contribution in [2.45, 2.75) is 44.2 Å². The van der Waals surface area contributed by atoms with E-state index in [-0.39, 0.29) is 17.9 Å². The molecule has 0 aliphatic carbocycles. The SMILES string of the molecule is CCCCC(NC(N)=O)C(=O)N1C[C@@H](N)[C@H](c2ccccc2)C1. The van der Waals surface area contributed by atoms with E-state index < -0.39 is 12.1 Å². The number of unbranched alkanes of at least 4 members (excludes halogenated alkanes) is 1. The lowest BCUT2D eigenvalue weighted by Gasteiger charge is -2.23. The summed E-state index contributed by atoms with van der Waals surface area (Å²) in [5, 5.41) is 2.57. The van der Waals surface area contributed by atoms with Crippen LogP contribution in [0.15, 0.2) is 30.3 Å². The maximum Gasteiger partial charge on any atom is 0.312 e. The van der Waals surface area contributed by atoms with Gasteiger partial charge in [-0.1, -0.05) is 50.1 Å². The average Bonchev–Trinajstić information content (AvgIpc) is 2.93. The molecule has 6 nitrogen and oxygen atoms in total. The summed E-state index contributed by atoms with van der Waals surface area (Å²) in [5.74, 6) is 0.0340. The number of hydrogen-bond acceptors (Lipinski definition) is 3. The van der Waals surface area contributed by atoms with Gasteiger partial charge in [-0.25, -0.2) is 4.79 Å². The Kier molecular flexibility index (Phi) is 5.98. The normalized spacial score (nSPS) is 21.9. The molecule has 1 saturated heterocycles. The quantitative estimate of drug-likeness (QED) is 0.733. The van der Waals surface area contributed by atoms with E-state index >= 15 is 0 Å². The summed E-state index contributed by atoms with van der Waals surface area (Å²) in [4.78, 5) is 25.6. The molecule has 0 aromatic heterocycles. The van der Waals surface area contributed by atoms with Gasteiger partial charge in [0.2, 0.25) is 5.91 Å². The van der Waals surface area contributed by atoms with Crippen LogP contribution in [-0.2, 0) is 4.79 Å². The average molecular weight is 318 g/mol. The molecule has 5 N–H and O–H groups in total. The van der Waals surface area contributed by atoms with Crippen molar-refractivity contribution in [3.05, 3.63) is 35.9 Å². The van der Waals surface area contributed by atoms with Gasteiger partial charge in [0, 0.05) is 25.0 Å². The van der Waals surface area contributed by atoms with Gasteiger partial charge < -0.3 is 21.7 Å². The van der Waals surface area contributed by atoms with Crippen LogP contribution in [-0.4, -0.2) is 42.0 Å². The number of nitrogens with two attached hydrogens (primary N) is 2. The maximum atomic E-state index is 12.7. The fourth-order valence-electron chi connectivity index (χ4n) is 3.12. The van der Waals surface area contributed by atoms with Gasteiger partial charge in [0.15, 0.2) is 0 Å². The van der Waals surface area contributed by atoms with Crippen molar-refractivity contribution in [3.8, 4) is 0 Å². The zero-order valence-corrected chi connectivity index (χ0v) is 13.6. The summed E-state index contributed by atoms with van der Waals surface area (Å²) < 4.78 is 0. The first-order valence-electron chi connectivity index (χ1n) is 8.18. The van der Waals surface area contributed by atoms with E-state index in [9.17, 15) is 9.59 Å². The highest BCUT2D eigenvalue weighted by Crippen LogP contribution is 2.27. The Balaban J connectivity index is 2.05. The van der Waals surface area contributed by atoms with E-state index in [1.165, 1.54) is 0 Å². The van der Waals surface area contributed by atoms with Gasteiger partial charge in [0.25, 0.3) is 0 Å². The minimum absolute atomic E-state index is 0.0915. The molecule has 3 atom stereocenters. The van der Waals surface area contributed by atoms with Crippen molar-refractivity contribution < 1.29 is 9.59 Å². The van der Waals surface area contributed by atoms with E-state index in [2.05, 4.69) is 5.32 Å². The third kappa shape index (κ3) is 4.45.